The van der Waals surface area contributed by atoms with Crippen molar-refractivity contribution >= 4 is 11.7 Å². The van der Waals surface area contributed by atoms with Crippen LogP contribution in [-0.4, -0.2) is 41.6 Å². The van der Waals surface area contributed by atoms with Gasteiger partial charge in [-0.05, 0) is 24.3 Å². The number of unbranched alkanes of at least 4 members (excludes halogenated alkanes) is 1. The van der Waals surface area contributed by atoms with Crippen LogP contribution in [0, 0.1) is 5.92 Å². The number of aromatic nitrogens is 2. The van der Waals surface area contributed by atoms with Gasteiger partial charge in [-0.3, -0.25) is 4.79 Å². The Hall–Kier alpha value is -2.55. The molecule has 2 N–H and O–H groups in total. The van der Waals surface area contributed by atoms with Gasteiger partial charge in [0.1, 0.15) is 11.4 Å². The lowest BCUT2D eigenvalue weighted by atomic mass is 9.96. The highest BCUT2D eigenvalue weighted by molar-refractivity contribution is 5.98. The van der Waals surface area contributed by atoms with Crippen LogP contribution >= 0.6 is 0 Å². The van der Waals surface area contributed by atoms with Crippen LogP contribution in [0.25, 0.3) is 0 Å². The highest BCUT2D eigenvalue weighted by atomic mass is 19.4. The minimum absolute atomic E-state index is 0.0953. The Kier molecular flexibility index (Phi) is 9.38. The topological polar surface area (TPSA) is 68.2 Å². The van der Waals surface area contributed by atoms with Gasteiger partial charge >= 0.3 is 6.18 Å². The van der Waals surface area contributed by atoms with Crippen LogP contribution in [0.4, 0.5) is 19.0 Å². The molecule has 3 atom stereocenters. The van der Waals surface area contributed by atoms with Crippen molar-refractivity contribution in [2.24, 2.45) is 5.92 Å². The summed E-state index contributed by atoms with van der Waals surface area (Å²) in [7, 11) is 0. The lowest BCUT2D eigenvalue weighted by molar-refractivity contribution is -0.173. The molecule has 3 rings (SSSR count). The molecule has 3 unspecified atom stereocenters. The van der Waals surface area contributed by atoms with Gasteiger partial charge in [0.05, 0.1) is 12.2 Å². The van der Waals surface area contributed by atoms with Crippen molar-refractivity contribution in [3.05, 3.63) is 47.7 Å². The normalized spacial score (nSPS) is 18.7. The highest BCUT2D eigenvalue weighted by Crippen LogP contribution is 2.44. The van der Waals surface area contributed by atoms with Gasteiger partial charge < -0.3 is 15.4 Å². The maximum atomic E-state index is 13.8. The molecule has 1 aromatic heterocycles. The van der Waals surface area contributed by atoms with Crippen molar-refractivity contribution in [3.8, 4) is 0 Å². The van der Waals surface area contributed by atoms with Crippen molar-refractivity contribution in [1.29, 1.82) is 0 Å². The molecule has 0 aliphatic carbocycles. The molecule has 1 aromatic carbocycles. The Morgan fingerprint density at radius 2 is 2.03 bits per heavy atom. The Labute approximate surface area is 199 Å². The summed E-state index contributed by atoms with van der Waals surface area (Å²) in [5.41, 5.74) is 0.846. The molecule has 9 heteroatoms. The summed E-state index contributed by atoms with van der Waals surface area (Å²) >= 11 is 0. The van der Waals surface area contributed by atoms with E-state index in [0.717, 1.165) is 23.1 Å². The fourth-order valence-corrected chi connectivity index (χ4v) is 4.25. The molecule has 0 spiro atoms. The van der Waals surface area contributed by atoms with Gasteiger partial charge in [-0.25, -0.2) is 4.68 Å². The molecule has 6 nitrogen and oxygen atoms in total. The Balaban J connectivity index is 1.58. The van der Waals surface area contributed by atoms with Crippen LogP contribution in [0.15, 0.2) is 36.5 Å². The predicted octanol–water partition coefficient (Wildman–Crippen LogP) is 5.90. The fourth-order valence-electron chi connectivity index (χ4n) is 4.25. The van der Waals surface area contributed by atoms with E-state index in [-0.39, 0.29) is 17.8 Å². The lowest BCUT2D eigenvalue weighted by Gasteiger charge is -2.34. The Morgan fingerprint density at radius 1 is 1.26 bits per heavy atom. The second-order valence-electron chi connectivity index (χ2n) is 8.85. The molecule has 1 aliphatic rings. The van der Waals surface area contributed by atoms with Crippen molar-refractivity contribution in [3.63, 3.8) is 0 Å². The molecule has 2 aromatic rings. The van der Waals surface area contributed by atoms with E-state index in [1.54, 1.807) is 24.3 Å². The van der Waals surface area contributed by atoms with Gasteiger partial charge in [-0.15, -0.1) is 0 Å². The molecule has 188 valence electrons. The van der Waals surface area contributed by atoms with Crippen molar-refractivity contribution in [2.75, 3.05) is 25.1 Å². The van der Waals surface area contributed by atoms with Crippen LogP contribution in [0.3, 0.4) is 0 Å². The summed E-state index contributed by atoms with van der Waals surface area (Å²) < 4.78 is 48.0. The maximum Gasteiger partial charge on any atom is 0.410 e. The average molecular weight is 481 g/mol. The minimum atomic E-state index is -4.48. The summed E-state index contributed by atoms with van der Waals surface area (Å²) in [5.74, 6) is 0.203. The van der Waals surface area contributed by atoms with Crippen molar-refractivity contribution in [2.45, 2.75) is 70.6 Å². The average Bonchev–Trinajstić information content (AvgIpc) is 3.26. The first-order valence-corrected chi connectivity index (χ1v) is 12.2. The molecule has 2 heterocycles. The molecule has 1 aliphatic heterocycles. The zero-order valence-electron chi connectivity index (χ0n) is 19.9. The monoisotopic (exact) mass is 480 g/mol. The number of fused-ring (bicyclic) bond motifs is 1. The minimum Gasteiger partial charge on any atom is -0.381 e. The van der Waals surface area contributed by atoms with Crippen LogP contribution in [0.1, 0.15) is 80.4 Å². The third kappa shape index (κ3) is 6.74. The third-order valence-corrected chi connectivity index (χ3v) is 6.33. The first-order valence-electron chi connectivity index (χ1n) is 12.2. The molecular weight excluding hydrogens is 445 g/mol. The molecule has 0 fully saturated rings. The Bertz CT molecular complexity index is 901. The number of nitrogens with one attached hydrogen (secondary N) is 2. The summed E-state index contributed by atoms with van der Waals surface area (Å²) in [4.78, 5) is 12.8. The number of hydrogen-bond acceptors (Lipinski definition) is 4. The fraction of sp³-hybridized carbons (Fsp3) is 0.600. The van der Waals surface area contributed by atoms with E-state index in [1.807, 2.05) is 6.07 Å². The SMILES string of the molecule is CCCCC(CC)COCCCNC(=O)c1cnn2c1NC(c1ccccc1)CC2C(F)(F)F. The van der Waals surface area contributed by atoms with Crippen molar-refractivity contribution in [1.82, 2.24) is 15.1 Å². The number of nitrogens with zero attached hydrogens (tertiary/aromatic N) is 2. The second kappa shape index (κ2) is 12.2. The first-order chi connectivity index (χ1) is 16.3. The number of benzene rings is 1. The highest BCUT2D eigenvalue weighted by Gasteiger charge is 2.47. The quantitative estimate of drug-likeness (QED) is 0.372. The van der Waals surface area contributed by atoms with E-state index in [9.17, 15) is 18.0 Å². The van der Waals surface area contributed by atoms with Gasteiger partial charge in [-0.1, -0.05) is 63.4 Å². The molecule has 1 amide bonds. The van der Waals surface area contributed by atoms with Crippen LogP contribution in [0.2, 0.25) is 0 Å². The standard InChI is InChI=1S/C25H35F3N4O2/c1-3-5-10-18(4-2)17-34-14-9-13-29-24(33)20-16-30-32-22(25(26,27)28)15-21(31-23(20)32)19-11-7-6-8-12-19/h6-8,11-12,16,18,21-22,31H,3-5,9-10,13-15,17H2,1-2H3,(H,29,33). The van der Waals surface area contributed by atoms with Crippen LogP contribution < -0.4 is 10.6 Å². The van der Waals surface area contributed by atoms with E-state index in [0.29, 0.717) is 32.1 Å². The van der Waals surface area contributed by atoms with E-state index in [2.05, 4.69) is 29.6 Å². The molecular formula is C25H35F3N4O2. The third-order valence-electron chi connectivity index (χ3n) is 6.33. The van der Waals surface area contributed by atoms with Gasteiger partial charge in [0.15, 0.2) is 6.04 Å². The number of carbonyl (C=O) groups is 1. The summed E-state index contributed by atoms with van der Waals surface area (Å²) in [6.45, 7) is 5.95. The van der Waals surface area contributed by atoms with E-state index in [4.69, 9.17) is 4.74 Å². The molecule has 34 heavy (non-hydrogen) atoms. The zero-order valence-corrected chi connectivity index (χ0v) is 19.9. The van der Waals surface area contributed by atoms with E-state index < -0.39 is 24.2 Å². The van der Waals surface area contributed by atoms with E-state index in [1.165, 1.54) is 19.0 Å². The van der Waals surface area contributed by atoms with Gasteiger partial charge in [0.2, 0.25) is 0 Å². The summed E-state index contributed by atoms with van der Waals surface area (Å²) in [6, 6.07) is 6.57. The van der Waals surface area contributed by atoms with Gasteiger partial charge in [-0.2, -0.15) is 18.3 Å². The second-order valence-corrected chi connectivity index (χ2v) is 8.85. The number of halogens is 3. The number of anilines is 1. The molecule has 0 saturated heterocycles. The number of ether oxygens (including phenoxy) is 1. The number of rotatable bonds is 12. The molecule has 0 saturated carbocycles. The number of amides is 1. The first kappa shape index (κ1) is 26.1. The summed E-state index contributed by atoms with van der Waals surface area (Å²) in [5, 5.41) is 9.81. The zero-order chi connectivity index (χ0) is 24.6. The van der Waals surface area contributed by atoms with Crippen LogP contribution in [0.5, 0.6) is 0 Å². The molecule has 0 radical (unpaired) electrons. The molecule has 0 bridgehead atoms. The van der Waals surface area contributed by atoms with Crippen molar-refractivity contribution < 1.29 is 22.7 Å². The maximum absolute atomic E-state index is 13.8. The summed E-state index contributed by atoms with van der Waals surface area (Å²) in [6.07, 6.45) is 1.77. The number of hydrogen-bond donors (Lipinski definition) is 2. The number of carbonyl (C=O) groups excluding carboxylic acids is 1. The number of alkyl halides is 3. The lowest BCUT2D eigenvalue weighted by Crippen LogP contribution is -2.36. The Morgan fingerprint density at radius 3 is 2.71 bits per heavy atom. The van der Waals surface area contributed by atoms with Gasteiger partial charge in [0.25, 0.3) is 5.91 Å². The smallest absolute Gasteiger partial charge is 0.381 e. The van der Waals surface area contributed by atoms with E-state index >= 15 is 0 Å². The predicted molar refractivity (Wildman–Crippen MR) is 126 cm³/mol. The van der Waals surface area contributed by atoms with Crippen LogP contribution in [-0.2, 0) is 4.74 Å². The van der Waals surface area contributed by atoms with Gasteiger partial charge in [0, 0.05) is 26.2 Å². The largest absolute Gasteiger partial charge is 0.410 e.